The molecule has 1 aliphatic carbocycles. The minimum Gasteiger partial charge on any atom is -0.381 e. The summed E-state index contributed by atoms with van der Waals surface area (Å²) in [5, 5.41) is 5.37. The summed E-state index contributed by atoms with van der Waals surface area (Å²) >= 11 is 1.81. The highest BCUT2D eigenvalue weighted by Gasteiger charge is 2.50. The highest BCUT2D eigenvalue weighted by Crippen LogP contribution is 2.45. The summed E-state index contributed by atoms with van der Waals surface area (Å²) in [6, 6.07) is 4.31. The lowest BCUT2D eigenvalue weighted by atomic mass is 9.71. The summed E-state index contributed by atoms with van der Waals surface area (Å²) in [7, 11) is 0. The van der Waals surface area contributed by atoms with Crippen molar-refractivity contribution in [1.82, 2.24) is 10.2 Å². The Hall–Kier alpha value is -0.910. The molecule has 126 valence electrons. The van der Waals surface area contributed by atoms with Crippen LogP contribution in [0, 0.1) is 17.3 Å². The van der Waals surface area contributed by atoms with Gasteiger partial charge in [0.25, 0.3) is 0 Å². The molecule has 1 saturated carbocycles. The van der Waals surface area contributed by atoms with Crippen LogP contribution in [-0.4, -0.2) is 43.7 Å². The maximum Gasteiger partial charge on any atom is 0.225 e. The van der Waals surface area contributed by atoms with Gasteiger partial charge in [-0.15, -0.1) is 11.3 Å². The number of ether oxygens (including phenoxy) is 1. The van der Waals surface area contributed by atoms with Crippen molar-refractivity contribution in [2.75, 3.05) is 32.8 Å². The largest absolute Gasteiger partial charge is 0.381 e. The molecule has 1 amide bonds. The van der Waals surface area contributed by atoms with Crippen molar-refractivity contribution < 1.29 is 9.53 Å². The molecule has 1 aromatic heterocycles. The first kappa shape index (κ1) is 15.6. The summed E-state index contributed by atoms with van der Waals surface area (Å²) in [5.74, 6) is 1.16. The van der Waals surface area contributed by atoms with Crippen molar-refractivity contribution in [2.24, 2.45) is 17.3 Å². The standard InChI is InChI=1S/C18H26N2O2S/c21-17(19-10-14-3-4-14)16-12-20(11-15-2-1-9-23-15)13-18(16)5-7-22-8-6-18/h1-2,9,14,16H,3-8,10-13H2,(H,19,21). The van der Waals surface area contributed by atoms with Crippen molar-refractivity contribution in [2.45, 2.75) is 32.2 Å². The Morgan fingerprint density at radius 1 is 1.39 bits per heavy atom. The molecule has 3 aliphatic rings. The first-order valence-electron chi connectivity index (χ1n) is 8.85. The third-order valence-electron chi connectivity index (χ3n) is 5.74. The summed E-state index contributed by atoms with van der Waals surface area (Å²) in [4.78, 5) is 16.7. The number of amides is 1. The first-order chi connectivity index (χ1) is 11.3. The Labute approximate surface area is 142 Å². The molecular formula is C18H26N2O2S. The molecule has 2 saturated heterocycles. The summed E-state index contributed by atoms with van der Waals surface area (Å²) in [6.07, 6.45) is 4.62. The van der Waals surface area contributed by atoms with Gasteiger partial charge in [-0.05, 0) is 43.0 Å². The number of nitrogens with zero attached hydrogens (tertiary/aromatic N) is 1. The van der Waals surface area contributed by atoms with E-state index in [1.54, 1.807) is 0 Å². The predicted octanol–water partition coefficient (Wildman–Crippen LogP) is 2.50. The number of carbonyl (C=O) groups is 1. The topological polar surface area (TPSA) is 41.6 Å². The molecule has 1 aromatic rings. The fraction of sp³-hybridized carbons (Fsp3) is 0.722. The molecule has 4 nitrogen and oxygen atoms in total. The number of rotatable bonds is 5. The predicted molar refractivity (Wildman–Crippen MR) is 91.3 cm³/mol. The molecule has 23 heavy (non-hydrogen) atoms. The average Bonchev–Trinajstić information content (AvgIpc) is 3.14. The van der Waals surface area contributed by atoms with Gasteiger partial charge < -0.3 is 10.1 Å². The third kappa shape index (κ3) is 3.47. The van der Waals surface area contributed by atoms with Crippen LogP contribution in [0.3, 0.4) is 0 Å². The molecule has 2 aliphatic heterocycles. The van der Waals surface area contributed by atoms with Crippen LogP contribution in [0.1, 0.15) is 30.6 Å². The van der Waals surface area contributed by atoms with E-state index in [-0.39, 0.29) is 17.2 Å². The SMILES string of the molecule is O=C(NCC1CC1)C1CN(Cc2cccs2)CC12CCOCC2. The van der Waals surface area contributed by atoms with Crippen molar-refractivity contribution in [3.05, 3.63) is 22.4 Å². The maximum atomic E-state index is 12.8. The molecule has 1 atom stereocenters. The summed E-state index contributed by atoms with van der Waals surface area (Å²) in [5.41, 5.74) is 0.128. The van der Waals surface area contributed by atoms with E-state index in [2.05, 4.69) is 27.7 Å². The molecule has 1 N–H and O–H groups in total. The van der Waals surface area contributed by atoms with Gasteiger partial charge in [-0.1, -0.05) is 6.07 Å². The first-order valence-corrected chi connectivity index (χ1v) is 9.73. The van der Waals surface area contributed by atoms with Crippen molar-refractivity contribution in [1.29, 1.82) is 0 Å². The zero-order valence-corrected chi connectivity index (χ0v) is 14.4. The number of carbonyl (C=O) groups excluding carboxylic acids is 1. The number of nitrogens with one attached hydrogen (secondary N) is 1. The zero-order chi connectivity index (χ0) is 15.7. The van der Waals surface area contributed by atoms with Crippen LogP contribution in [0.25, 0.3) is 0 Å². The molecule has 1 unspecified atom stereocenters. The van der Waals surface area contributed by atoms with Crippen LogP contribution in [0.4, 0.5) is 0 Å². The van der Waals surface area contributed by atoms with E-state index in [4.69, 9.17) is 4.74 Å². The lowest BCUT2D eigenvalue weighted by Gasteiger charge is -2.37. The smallest absolute Gasteiger partial charge is 0.225 e. The zero-order valence-electron chi connectivity index (χ0n) is 13.6. The van der Waals surface area contributed by atoms with Crippen LogP contribution in [-0.2, 0) is 16.1 Å². The molecule has 0 radical (unpaired) electrons. The Balaban J connectivity index is 1.45. The van der Waals surface area contributed by atoms with Crippen LogP contribution >= 0.6 is 11.3 Å². The van der Waals surface area contributed by atoms with E-state index in [9.17, 15) is 4.79 Å². The van der Waals surface area contributed by atoms with Gasteiger partial charge in [0.1, 0.15) is 0 Å². The van der Waals surface area contributed by atoms with Crippen molar-refractivity contribution >= 4 is 17.2 Å². The van der Waals surface area contributed by atoms with Gasteiger partial charge in [0, 0.05) is 49.7 Å². The Morgan fingerprint density at radius 2 is 2.22 bits per heavy atom. The minimum absolute atomic E-state index is 0.128. The van der Waals surface area contributed by atoms with Crippen LogP contribution in [0.2, 0.25) is 0 Å². The van der Waals surface area contributed by atoms with Gasteiger partial charge in [0.2, 0.25) is 5.91 Å². The molecule has 5 heteroatoms. The van der Waals surface area contributed by atoms with E-state index in [1.807, 2.05) is 11.3 Å². The van der Waals surface area contributed by atoms with Gasteiger partial charge in [-0.25, -0.2) is 0 Å². The second-order valence-electron chi connectivity index (χ2n) is 7.46. The second kappa shape index (κ2) is 6.54. The van der Waals surface area contributed by atoms with Crippen LogP contribution in [0.5, 0.6) is 0 Å². The number of thiophene rings is 1. The lowest BCUT2D eigenvalue weighted by molar-refractivity contribution is -0.129. The van der Waals surface area contributed by atoms with Gasteiger partial charge in [0.05, 0.1) is 5.92 Å². The lowest BCUT2D eigenvalue weighted by Crippen LogP contribution is -2.44. The second-order valence-corrected chi connectivity index (χ2v) is 8.50. The van der Waals surface area contributed by atoms with Gasteiger partial charge >= 0.3 is 0 Å². The molecule has 0 bridgehead atoms. The minimum atomic E-state index is 0.128. The molecule has 3 heterocycles. The molecule has 0 aromatic carbocycles. The number of hydrogen-bond acceptors (Lipinski definition) is 4. The highest BCUT2D eigenvalue weighted by atomic mass is 32.1. The Kier molecular flexibility index (Phi) is 4.43. The Bertz CT molecular complexity index is 535. The number of hydrogen-bond donors (Lipinski definition) is 1. The molecular weight excluding hydrogens is 308 g/mol. The van der Waals surface area contributed by atoms with Crippen molar-refractivity contribution in [3.8, 4) is 0 Å². The van der Waals surface area contributed by atoms with Gasteiger partial charge in [-0.3, -0.25) is 9.69 Å². The van der Waals surface area contributed by atoms with Crippen molar-refractivity contribution in [3.63, 3.8) is 0 Å². The summed E-state index contributed by atoms with van der Waals surface area (Å²) in [6.45, 7) is 5.40. The maximum absolute atomic E-state index is 12.8. The summed E-state index contributed by atoms with van der Waals surface area (Å²) < 4.78 is 5.59. The highest BCUT2D eigenvalue weighted by molar-refractivity contribution is 7.09. The van der Waals surface area contributed by atoms with Gasteiger partial charge in [-0.2, -0.15) is 0 Å². The fourth-order valence-electron chi connectivity index (χ4n) is 4.15. The fourth-order valence-corrected chi connectivity index (χ4v) is 4.90. The van der Waals surface area contributed by atoms with E-state index < -0.39 is 0 Å². The quantitative estimate of drug-likeness (QED) is 0.899. The van der Waals surface area contributed by atoms with Crippen LogP contribution in [0.15, 0.2) is 17.5 Å². The normalized spacial score (nSPS) is 27.4. The van der Waals surface area contributed by atoms with E-state index >= 15 is 0 Å². The van der Waals surface area contributed by atoms with E-state index in [1.165, 1.54) is 17.7 Å². The third-order valence-corrected chi connectivity index (χ3v) is 6.61. The van der Waals surface area contributed by atoms with Gasteiger partial charge in [0.15, 0.2) is 0 Å². The van der Waals surface area contributed by atoms with E-state index in [0.717, 1.165) is 58.2 Å². The Morgan fingerprint density at radius 3 is 2.91 bits per heavy atom. The van der Waals surface area contributed by atoms with Crippen LogP contribution < -0.4 is 5.32 Å². The molecule has 4 rings (SSSR count). The number of likely N-dealkylation sites (tertiary alicyclic amines) is 1. The van der Waals surface area contributed by atoms with E-state index in [0.29, 0.717) is 0 Å². The molecule has 1 spiro atoms. The monoisotopic (exact) mass is 334 g/mol. The molecule has 3 fully saturated rings. The average molecular weight is 334 g/mol.